The monoisotopic (exact) mass is 445 g/mol. The van der Waals surface area contributed by atoms with Crippen LogP contribution in [-0.4, -0.2) is 38.1 Å². The second-order valence-electron chi connectivity index (χ2n) is 8.18. The Labute approximate surface area is 184 Å². The third kappa shape index (κ3) is 5.76. The number of aromatic nitrogens is 1. The van der Waals surface area contributed by atoms with Crippen LogP contribution in [0.15, 0.2) is 41.4 Å². The zero-order valence-electron chi connectivity index (χ0n) is 18.2. The number of carboxylic acids is 1. The van der Waals surface area contributed by atoms with Crippen LogP contribution in [0.3, 0.4) is 0 Å². The molecule has 1 aromatic carbocycles. The molecule has 1 aliphatic carbocycles. The van der Waals surface area contributed by atoms with Crippen molar-refractivity contribution in [2.45, 2.75) is 62.7 Å². The molecule has 0 atom stereocenters. The third-order valence-corrected chi connectivity index (χ3v) is 7.22. The Kier molecular flexibility index (Phi) is 7.54. The predicted molar refractivity (Wildman–Crippen MR) is 122 cm³/mol. The molecule has 1 saturated carbocycles. The van der Waals surface area contributed by atoms with E-state index in [1.165, 1.54) is 37.1 Å². The second kappa shape index (κ2) is 10.1. The lowest BCUT2D eigenvalue weighted by molar-refractivity contribution is 0.0697. The lowest BCUT2D eigenvalue weighted by atomic mass is 9.84. The topological polar surface area (TPSA) is 99.6 Å². The van der Waals surface area contributed by atoms with Crippen molar-refractivity contribution in [1.29, 1.82) is 0 Å². The van der Waals surface area contributed by atoms with Crippen LogP contribution in [0.2, 0.25) is 0 Å². The van der Waals surface area contributed by atoms with Crippen LogP contribution < -0.4 is 9.62 Å². The fourth-order valence-corrected chi connectivity index (χ4v) is 5.08. The number of nitrogens with one attached hydrogen (secondary N) is 1. The molecule has 1 aliphatic rings. The molecular formula is C23H31N3O4S. The summed E-state index contributed by atoms with van der Waals surface area (Å²) in [6.45, 7) is 2.72. The van der Waals surface area contributed by atoms with E-state index in [0.29, 0.717) is 18.3 Å². The Morgan fingerprint density at radius 1 is 1.19 bits per heavy atom. The van der Waals surface area contributed by atoms with Crippen LogP contribution in [-0.2, 0) is 10.0 Å². The molecular weight excluding hydrogens is 414 g/mol. The number of sulfonamides is 1. The molecule has 7 nitrogen and oxygen atoms in total. The van der Waals surface area contributed by atoms with E-state index in [2.05, 4.69) is 16.6 Å². The van der Waals surface area contributed by atoms with E-state index in [1.807, 2.05) is 12.1 Å². The van der Waals surface area contributed by atoms with Crippen molar-refractivity contribution in [2.24, 2.45) is 0 Å². The zero-order valence-corrected chi connectivity index (χ0v) is 19.0. The molecule has 0 spiro atoms. The van der Waals surface area contributed by atoms with E-state index < -0.39 is 16.0 Å². The van der Waals surface area contributed by atoms with Gasteiger partial charge in [0, 0.05) is 13.6 Å². The highest BCUT2D eigenvalue weighted by molar-refractivity contribution is 7.92. The van der Waals surface area contributed by atoms with Gasteiger partial charge in [-0.2, -0.15) is 0 Å². The van der Waals surface area contributed by atoms with Crippen molar-refractivity contribution in [1.82, 2.24) is 4.98 Å². The highest BCUT2D eigenvalue weighted by Crippen LogP contribution is 2.33. The lowest BCUT2D eigenvalue weighted by Gasteiger charge is -2.22. The van der Waals surface area contributed by atoms with Gasteiger partial charge in [-0.3, -0.25) is 4.72 Å². The van der Waals surface area contributed by atoms with Crippen molar-refractivity contribution in [3.8, 4) is 0 Å². The van der Waals surface area contributed by atoms with E-state index in [-0.39, 0.29) is 16.1 Å². The average Bonchev–Trinajstić information content (AvgIpc) is 2.77. The normalized spacial score (nSPS) is 14.9. The van der Waals surface area contributed by atoms with Gasteiger partial charge in [-0.25, -0.2) is 18.2 Å². The van der Waals surface area contributed by atoms with Crippen LogP contribution in [0.1, 0.15) is 73.7 Å². The Hall–Kier alpha value is -2.61. The van der Waals surface area contributed by atoms with Crippen molar-refractivity contribution in [2.75, 3.05) is 23.2 Å². The molecule has 1 fully saturated rings. The van der Waals surface area contributed by atoms with Gasteiger partial charge in [-0.1, -0.05) is 44.7 Å². The quantitative estimate of drug-likeness (QED) is 0.571. The fraction of sp³-hybridized carbons (Fsp3) is 0.478. The number of carboxylic acid groups (broad SMARTS) is 1. The largest absolute Gasteiger partial charge is 0.478 e. The molecule has 2 N–H and O–H groups in total. The number of pyridine rings is 1. The summed E-state index contributed by atoms with van der Waals surface area (Å²) < 4.78 is 28.1. The number of unbranched alkanes of at least 4 members (excludes halogenated alkanes) is 1. The molecule has 8 heteroatoms. The van der Waals surface area contributed by atoms with Gasteiger partial charge in [-0.05, 0) is 48.9 Å². The van der Waals surface area contributed by atoms with Gasteiger partial charge < -0.3 is 10.0 Å². The molecule has 1 heterocycles. The number of benzene rings is 1. The number of aromatic carboxylic acids is 1. The van der Waals surface area contributed by atoms with E-state index in [4.69, 9.17) is 0 Å². The van der Waals surface area contributed by atoms with Crippen LogP contribution >= 0.6 is 0 Å². The zero-order chi connectivity index (χ0) is 22.4. The Morgan fingerprint density at radius 3 is 2.48 bits per heavy atom. The average molecular weight is 446 g/mol. The maximum atomic E-state index is 12.8. The van der Waals surface area contributed by atoms with Crippen LogP contribution in [0.25, 0.3) is 0 Å². The van der Waals surface area contributed by atoms with Crippen molar-refractivity contribution < 1.29 is 18.3 Å². The summed E-state index contributed by atoms with van der Waals surface area (Å²) >= 11 is 0. The molecule has 168 valence electrons. The lowest BCUT2D eigenvalue weighted by Crippen LogP contribution is -2.23. The van der Waals surface area contributed by atoms with Crippen LogP contribution in [0.4, 0.5) is 11.5 Å². The first kappa shape index (κ1) is 23.1. The molecule has 0 saturated heterocycles. The highest BCUT2D eigenvalue weighted by Gasteiger charge is 2.21. The van der Waals surface area contributed by atoms with Gasteiger partial charge in [0.2, 0.25) is 0 Å². The van der Waals surface area contributed by atoms with Gasteiger partial charge >= 0.3 is 5.97 Å². The van der Waals surface area contributed by atoms with Gasteiger partial charge in [0.1, 0.15) is 11.4 Å². The van der Waals surface area contributed by atoms with Crippen molar-refractivity contribution in [3.05, 3.63) is 47.7 Å². The predicted octanol–water partition coefficient (Wildman–Crippen LogP) is 4.86. The molecule has 3 rings (SSSR count). The molecule has 2 aromatic rings. The van der Waals surface area contributed by atoms with Crippen LogP contribution in [0, 0.1) is 0 Å². The molecule has 0 unspecified atom stereocenters. The Bertz CT molecular complexity index is 1000. The fourth-order valence-electron chi connectivity index (χ4n) is 4.05. The standard InChI is InChI=1S/C23H31N3O4S/c1-3-4-14-26(2)22-21(23(27)28)15-19(16-24-22)25-31(29,30)20-12-10-18(11-13-20)17-8-6-5-7-9-17/h10-13,15-17,25H,3-9,14H2,1-2H3,(H,27,28). The minimum atomic E-state index is -3.85. The number of carbonyl (C=O) groups is 1. The first-order valence-corrected chi connectivity index (χ1v) is 12.4. The molecule has 0 aliphatic heterocycles. The van der Waals surface area contributed by atoms with Gasteiger partial charge in [0.05, 0.1) is 16.8 Å². The summed E-state index contributed by atoms with van der Waals surface area (Å²) in [5.41, 5.74) is 1.26. The van der Waals surface area contributed by atoms with E-state index in [9.17, 15) is 18.3 Å². The molecule has 1 aromatic heterocycles. The number of rotatable bonds is 9. The van der Waals surface area contributed by atoms with Crippen molar-refractivity contribution in [3.63, 3.8) is 0 Å². The summed E-state index contributed by atoms with van der Waals surface area (Å²) in [6.07, 6.45) is 9.24. The highest BCUT2D eigenvalue weighted by atomic mass is 32.2. The number of hydrogen-bond acceptors (Lipinski definition) is 5. The first-order chi connectivity index (χ1) is 14.8. The molecule has 31 heavy (non-hydrogen) atoms. The number of nitrogens with zero attached hydrogens (tertiary/aromatic N) is 2. The Morgan fingerprint density at radius 2 is 1.87 bits per heavy atom. The van der Waals surface area contributed by atoms with E-state index in [1.54, 1.807) is 24.1 Å². The molecule has 0 amide bonds. The molecule has 0 radical (unpaired) electrons. The van der Waals surface area contributed by atoms with Gasteiger partial charge in [0.25, 0.3) is 10.0 Å². The maximum absolute atomic E-state index is 12.8. The maximum Gasteiger partial charge on any atom is 0.339 e. The Balaban J connectivity index is 1.78. The number of hydrogen-bond donors (Lipinski definition) is 2. The minimum Gasteiger partial charge on any atom is -0.478 e. The second-order valence-corrected chi connectivity index (χ2v) is 9.87. The minimum absolute atomic E-state index is 0.0357. The first-order valence-electron chi connectivity index (χ1n) is 10.9. The molecule has 0 bridgehead atoms. The summed E-state index contributed by atoms with van der Waals surface area (Å²) in [7, 11) is -2.07. The van der Waals surface area contributed by atoms with Crippen molar-refractivity contribution >= 4 is 27.5 Å². The SMILES string of the molecule is CCCCN(C)c1ncc(NS(=O)(=O)c2ccc(C3CCCCC3)cc2)cc1C(=O)O. The van der Waals surface area contributed by atoms with Crippen LogP contribution in [0.5, 0.6) is 0 Å². The smallest absolute Gasteiger partial charge is 0.339 e. The third-order valence-electron chi connectivity index (χ3n) is 5.82. The van der Waals surface area contributed by atoms with E-state index in [0.717, 1.165) is 25.7 Å². The summed E-state index contributed by atoms with van der Waals surface area (Å²) in [4.78, 5) is 17.9. The number of anilines is 2. The summed E-state index contributed by atoms with van der Waals surface area (Å²) in [6, 6.07) is 8.32. The van der Waals surface area contributed by atoms with Gasteiger partial charge in [0.15, 0.2) is 0 Å². The van der Waals surface area contributed by atoms with Gasteiger partial charge in [-0.15, -0.1) is 0 Å². The summed E-state index contributed by atoms with van der Waals surface area (Å²) in [5, 5.41) is 9.59. The van der Waals surface area contributed by atoms with E-state index >= 15 is 0 Å². The summed E-state index contributed by atoms with van der Waals surface area (Å²) in [5.74, 6) is -0.331.